The number of rotatable bonds is 10. The first-order valence-corrected chi connectivity index (χ1v) is 11.2. The van der Waals surface area contributed by atoms with Crippen LogP contribution in [0.15, 0.2) is 60.7 Å². The van der Waals surface area contributed by atoms with Gasteiger partial charge in [0.2, 0.25) is 0 Å². The van der Waals surface area contributed by atoms with Crippen molar-refractivity contribution in [3.8, 4) is 0 Å². The first-order chi connectivity index (χ1) is 16.0. The Labute approximate surface area is 193 Å². The third-order valence-electron chi connectivity index (χ3n) is 5.42. The maximum atomic E-state index is 12.9. The molecule has 3 rings (SSSR count). The van der Waals surface area contributed by atoms with E-state index in [1.165, 1.54) is 0 Å². The number of Topliss-reactive ketones (excluding diaryl/α,β-unsaturated/α-hetero) is 1. The molecular weight excluding hydrogens is 422 g/mol. The Morgan fingerprint density at radius 3 is 2.36 bits per heavy atom. The molecule has 0 bridgehead atoms. The predicted octanol–water partition coefficient (Wildman–Crippen LogP) is 2.38. The maximum Gasteiger partial charge on any atom is 0.414 e. The average molecular weight is 452 g/mol. The molecule has 2 aromatic carbocycles. The number of carbonyl (C=O) groups excluding carboxylic acids is 4. The van der Waals surface area contributed by atoms with Crippen molar-refractivity contribution in [2.75, 3.05) is 13.1 Å². The van der Waals surface area contributed by atoms with Gasteiger partial charge in [0.1, 0.15) is 6.04 Å². The second-order valence-corrected chi connectivity index (χ2v) is 7.94. The van der Waals surface area contributed by atoms with Gasteiger partial charge in [-0.1, -0.05) is 48.5 Å². The standard InChI is InChI=1S/C25H29N3O5/c29-22(14-8-16-27-25(32)33-24(31)20-13-7-15-26-20)21(17-18-9-3-1-4-10-18)28-23(30)19-11-5-2-6-12-19/h1-6,9-12,20-21,26H,7-8,13-17H2,(H,27,32)(H,28,30)/t20-,21?/m0/s1. The Morgan fingerprint density at radius 1 is 1.00 bits per heavy atom. The summed E-state index contributed by atoms with van der Waals surface area (Å²) in [6.07, 6.45) is 1.59. The maximum absolute atomic E-state index is 12.9. The lowest BCUT2D eigenvalue weighted by Gasteiger charge is -2.18. The minimum absolute atomic E-state index is 0.135. The van der Waals surface area contributed by atoms with Gasteiger partial charge in [0.05, 0.1) is 6.04 Å². The van der Waals surface area contributed by atoms with Gasteiger partial charge in [-0.05, 0) is 49.9 Å². The summed E-state index contributed by atoms with van der Waals surface area (Å²) in [7, 11) is 0. The van der Waals surface area contributed by atoms with Crippen LogP contribution >= 0.6 is 0 Å². The highest BCUT2D eigenvalue weighted by Gasteiger charge is 2.26. The van der Waals surface area contributed by atoms with E-state index in [1.807, 2.05) is 36.4 Å². The van der Waals surface area contributed by atoms with Crippen LogP contribution in [-0.2, 0) is 20.7 Å². The van der Waals surface area contributed by atoms with Crippen LogP contribution in [0.2, 0.25) is 0 Å². The first-order valence-electron chi connectivity index (χ1n) is 11.2. The number of alkyl carbamates (subject to hydrolysis) is 1. The van der Waals surface area contributed by atoms with Crippen molar-refractivity contribution < 1.29 is 23.9 Å². The highest BCUT2D eigenvalue weighted by atomic mass is 16.6. The lowest BCUT2D eigenvalue weighted by Crippen LogP contribution is -2.42. The van der Waals surface area contributed by atoms with Crippen molar-refractivity contribution in [1.82, 2.24) is 16.0 Å². The van der Waals surface area contributed by atoms with Crippen LogP contribution in [0.4, 0.5) is 4.79 Å². The largest absolute Gasteiger partial charge is 0.414 e. The molecule has 174 valence electrons. The fourth-order valence-electron chi connectivity index (χ4n) is 3.64. The van der Waals surface area contributed by atoms with E-state index in [0.29, 0.717) is 24.8 Å². The topological polar surface area (TPSA) is 114 Å². The molecule has 1 aliphatic rings. The summed E-state index contributed by atoms with van der Waals surface area (Å²) >= 11 is 0. The molecule has 1 heterocycles. The van der Waals surface area contributed by atoms with E-state index in [2.05, 4.69) is 16.0 Å². The van der Waals surface area contributed by atoms with Crippen LogP contribution in [0.3, 0.4) is 0 Å². The minimum atomic E-state index is -0.820. The summed E-state index contributed by atoms with van der Waals surface area (Å²) in [5.41, 5.74) is 1.42. The van der Waals surface area contributed by atoms with Gasteiger partial charge in [-0.25, -0.2) is 9.59 Å². The fourth-order valence-corrected chi connectivity index (χ4v) is 3.64. The van der Waals surface area contributed by atoms with Gasteiger partial charge in [0.15, 0.2) is 5.78 Å². The molecule has 0 radical (unpaired) electrons. The summed E-state index contributed by atoms with van der Waals surface area (Å²) in [5, 5.41) is 8.30. The molecule has 1 saturated heterocycles. The Balaban J connectivity index is 1.48. The number of hydrogen-bond acceptors (Lipinski definition) is 6. The van der Waals surface area contributed by atoms with Gasteiger partial charge in [-0.15, -0.1) is 0 Å². The quantitative estimate of drug-likeness (QED) is 0.290. The minimum Gasteiger partial charge on any atom is -0.375 e. The predicted molar refractivity (Wildman–Crippen MR) is 123 cm³/mol. The molecule has 2 amide bonds. The molecular formula is C25H29N3O5. The fraction of sp³-hybridized carbons (Fsp3) is 0.360. The lowest BCUT2D eigenvalue weighted by molar-refractivity contribution is -0.139. The van der Waals surface area contributed by atoms with Crippen molar-refractivity contribution in [2.45, 2.75) is 44.2 Å². The van der Waals surface area contributed by atoms with Crippen molar-refractivity contribution in [3.63, 3.8) is 0 Å². The lowest BCUT2D eigenvalue weighted by atomic mass is 9.99. The molecule has 0 saturated carbocycles. The number of carbonyl (C=O) groups is 4. The molecule has 3 N–H and O–H groups in total. The molecule has 1 unspecified atom stereocenters. The summed E-state index contributed by atoms with van der Waals surface area (Å²) in [6, 6.07) is 17.1. The summed E-state index contributed by atoms with van der Waals surface area (Å²) in [4.78, 5) is 49.1. The molecule has 2 atom stereocenters. The Bertz CT molecular complexity index is 943. The number of amides is 2. The second kappa shape index (κ2) is 12.5. The van der Waals surface area contributed by atoms with Crippen molar-refractivity contribution in [3.05, 3.63) is 71.8 Å². The average Bonchev–Trinajstić information content (AvgIpc) is 3.38. The van der Waals surface area contributed by atoms with Crippen LogP contribution in [0.25, 0.3) is 0 Å². The highest BCUT2D eigenvalue weighted by molar-refractivity contribution is 5.98. The second-order valence-electron chi connectivity index (χ2n) is 7.94. The number of esters is 1. The van der Waals surface area contributed by atoms with Crippen LogP contribution < -0.4 is 16.0 Å². The number of hydrogen-bond donors (Lipinski definition) is 3. The van der Waals surface area contributed by atoms with E-state index < -0.39 is 24.1 Å². The molecule has 8 nitrogen and oxygen atoms in total. The van der Waals surface area contributed by atoms with Crippen LogP contribution in [-0.4, -0.2) is 48.9 Å². The Hall–Kier alpha value is -3.52. The third kappa shape index (κ3) is 7.84. The summed E-state index contributed by atoms with van der Waals surface area (Å²) in [5.74, 6) is -1.04. The zero-order valence-electron chi connectivity index (χ0n) is 18.4. The van der Waals surface area contributed by atoms with Crippen LogP contribution in [0, 0.1) is 0 Å². The van der Waals surface area contributed by atoms with Crippen molar-refractivity contribution >= 4 is 23.8 Å². The van der Waals surface area contributed by atoms with E-state index in [-0.39, 0.29) is 24.7 Å². The van der Waals surface area contributed by atoms with E-state index in [4.69, 9.17) is 4.74 Å². The van der Waals surface area contributed by atoms with Gasteiger partial charge in [0.25, 0.3) is 5.91 Å². The van der Waals surface area contributed by atoms with Crippen molar-refractivity contribution in [2.24, 2.45) is 0 Å². The molecule has 1 aliphatic heterocycles. The van der Waals surface area contributed by atoms with E-state index >= 15 is 0 Å². The number of benzene rings is 2. The van der Waals surface area contributed by atoms with Crippen LogP contribution in [0.5, 0.6) is 0 Å². The van der Waals surface area contributed by atoms with E-state index in [9.17, 15) is 19.2 Å². The van der Waals surface area contributed by atoms with Gasteiger partial charge in [-0.2, -0.15) is 0 Å². The highest BCUT2D eigenvalue weighted by Crippen LogP contribution is 2.09. The molecule has 33 heavy (non-hydrogen) atoms. The summed E-state index contributed by atoms with van der Waals surface area (Å²) < 4.78 is 4.78. The van der Waals surface area contributed by atoms with Gasteiger partial charge >= 0.3 is 12.1 Å². The van der Waals surface area contributed by atoms with Crippen LogP contribution in [0.1, 0.15) is 41.6 Å². The number of ketones is 1. The molecule has 0 aromatic heterocycles. The Kier molecular flexibility index (Phi) is 9.14. The molecule has 0 spiro atoms. The molecule has 2 aromatic rings. The number of nitrogens with one attached hydrogen (secondary N) is 3. The van der Waals surface area contributed by atoms with Crippen molar-refractivity contribution in [1.29, 1.82) is 0 Å². The van der Waals surface area contributed by atoms with E-state index in [0.717, 1.165) is 18.5 Å². The number of ether oxygens (including phenoxy) is 1. The molecule has 8 heteroatoms. The normalized spacial score (nSPS) is 15.9. The van der Waals surface area contributed by atoms with Gasteiger partial charge in [0, 0.05) is 18.5 Å². The smallest absolute Gasteiger partial charge is 0.375 e. The molecule has 0 aliphatic carbocycles. The van der Waals surface area contributed by atoms with Gasteiger partial charge < -0.3 is 20.7 Å². The Morgan fingerprint density at radius 2 is 1.70 bits per heavy atom. The SMILES string of the molecule is O=C(NCCCC(=O)C(Cc1ccccc1)NC(=O)c1ccccc1)OC(=O)[C@@H]1CCCN1. The third-order valence-corrected chi connectivity index (χ3v) is 5.42. The summed E-state index contributed by atoms with van der Waals surface area (Å²) in [6.45, 7) is 0.912. The molecule has 1 fully saturated rings. The monoisotopic (exact) mass is 451 g/mol. The van der Waals surface area contributed by atoms with Gasteiger partial charge in [-0.3, -0.25) is 9.59 Å². The zero-order valence-corrected chi connectivity index (χ0v) is 18.4. The first kappa shape index (κ1) is 24.1. The van der Waals surface area contributed by atoms with E-state index in [1.54, 1.807) is 24.3 Å². The zero-order chi connectivity index (χ0) is 23.5.